The highest BCUT2D eigenvalue weighted by Crippen LogP contribution is 2.21. The van der Waals surface area contributed by atoms with Crippen LogP contribution < -0.4 is 4.80 Å². The minimum Gasteiger partial charge on any atom is -0.468 e. The lowest BCUT2D eigenvalue weighted by Crippen LogP contribution is -2.22. The van der Waals surface area contributed by atoms with E-state index in [1.54, 1.807) is 25.1 Å². The van der Waals surface area contributed by atoms with Gasteiger partial charge in [-0.25, -0.2) is 13.2 Å². The molecule has 0 fully saturated rings. The number of esters is 2. The standard InChI is InChI=1S/C22H22N2O7S2/c1-4-31-21(27)15-9-10-17-18(12-15)32-22(24(17)13-19(25)30-3)23-20(26)14-7-6-8-16(11-14)33(28,29)5-2/h6-12H,4-5,13H2,1-3H3. The van der Waals surface area contributed by atoms with E-state index in [0.717, 1.165) is 11.3 Å². The number of amides is 1. The van der Waals surface area contributed by atoms with Gasteiger partial charge in [0.05, 0.1) is 40.1 Å². The van der Waals surface area contributed by atoms with Gasteiger partial charge in [-0.15, -0.1) is 0 Å². The van der Waals surface area contributed by atoms with Gasteiger partial charge in [0.25, 0.3) is 5.91 Å². The molecule has 9 nitrogen and oxygen atoms in total. The Labute approximate surface area is 194 Å². The van der Waals surface area contributed by atoms with Crippen LogP contribution in [0.1, 0.15) is 34.6 Å². The number of hydrogen-bond donors (Lipinski definition) is 0. The lowest BCUT2D eigenvalue weighted by atomic mass is 10.2. The van der Waals surface area contributed by atoms with Crippen molar-refractivity contribution in [1.29, 1.82) is 0 Å². The molecule has 3 aromatic rings. The van der Waals surface area contributed by atoms with Crippen LogP contribution in [0.2, 0.25) is 0 Å². The van der Waals surface area contributed by atoms with Crippen molar-refractivity contribution in [2.75, 3.05) is 19.5 Å². The molecule has 11 heteroatoms. The van der Waals surface area contributed by atoms with Gasteiger partial charge in [-0.3, -0.25) is 9.59 Å². The molecule has 3 rings (SSSR count). The largest absolute Gasteiger partial charge is 0.468 e. The molecule has 0 aliphatic carbocycles. The van der Waals surface area contributed by atoms with Crippen LogP contribution in [0.3, 0.4) is 0 Å². The molecule has 1 heterocycles. The van der Waals surface area contributed by atoms with E-state index in [-0.39, 0.29) is 34.2 Å². The zero-order chi connectivity index (χ0) is 24.2. The summed E-state index contributed by atoms with van der Waals surface area (Å²) in [5.41, 5.74) is 0.997. The Hall–Kier alpha value is -3.31. The average Bonchev–Trinajstić information content (AvgIpc) is 3.14. The van der Waals surface area contributed by atoms with Gasteiger partial charge in [0.15, 0.2) is 14.6 Å². The maximum absolute atomic E-state index is 12.9. The van der Waals surface area contributed by atoms with Crippen LogP contribution in [0.4, 0.5) is 0 Å². The molecule has 33 heavy (non-hydrogen) atoms. The Morgan fingerprint density at radius 2 is 1.82 bits per heavy atom. The predicted octanol–water partition coefficient (Wildman–Crippen LogP) is 2.59. The highest BCUT2D eigenvalue weighted by molar-refractivity contribution is 7.91. The van der Waals surface area contributed by atoms with Crippen molar-refractivity contribution in [3.63, 3.8) is 0 Å². The normalized spacial score (nSPS) is 12.0. The Kier molecular flexibility index (Phi) is 7.44. The number of methoxy groups -OCH3 is 1. The minimum atomic E-state index is -3.49. The van der Waals surface area contributed by atoms with Crippen LogP contribution in [0, 0.1) is 0 Å². The lowest BCUT2D eigenvalue weighted by Gasteiger charge is -2.05. The van der Waals surface area contributed by atoms with Crippen LogP contribution in [0.15, 0.2) is 52.4 Å². The van der Waals surface area contributed by atoms with E-state index < -0.39 is 27.7 Å². The summed E-state index contributed by atoms with van der Waals surface area (Å²) in [4.78, 5) is 41.3. The van der Waals surface area contributed by atoms with E-state index in [4.69, 9.17) is 9.47 Å². The van der Waals surface area contributed by atoms with Crippen LogP contribution in [-0.2, 0) is 30.7 Å². The minimum absolute atomic E-state index is 0.0314. The van der Waals surface area contributed by atoms with Gasteiger partial charge in [-0.2, -0.15) is 4.99 Å². The summed E-state index contributed by atoms with van der Waals surface area (Å²) in [6.07, 6.45) is 0. The van der Waals surface area contributed by atoms with Crippen LogP contribution >= 0.6 is 11.3 Å². The van der Waals surface area contributed by atoms with E-state index in [1.807, 2.05) is 0 Å². The van der Waals surface area contributed by atoms with Crippen molar-refractivity contribution < 1.29 is 32.3 Å². The van der Waals surface area contributed by atoms with Crippen molar-refractivity contribution >= 4 is 49.2 Å². The molecule has 0 aliphatic heterocycles. The number of fused-ring (bicyclic) bond motifs is 1. The molecule has 1 aromatic heterocycles. The third-order valence-electron chi connectivity index (χ3n) is 4.73. The second kappa shape index (κ2) is 10.1. The summed E-state index contributed by atoms with van der Waals surface area (Å²) in [6.45, 7) is 3.25. The maximum Gasteiger partial charge on any atom is 0.338 e. The number of rotatable bonds is 7. The number of nitrogens with zero attached hydrogens (tertiary/aromatic N) is 2. The monoisotopic (exact) mass is 490 g/mol. The van der Waals surface area contributed by atoms with Gasteiger partial charge in [0.2, 0.25) is 0 Å². The molecular weight excluding hydrogens is 468 g/mol. The molecule has 174 valence electrons. The molecule has 0 aliphatic rings. The maximum atomic E-state index is 12.9. The number of benzene rings is 2. The first-order valence-corrected chi connectivity index (χ1v) is 12.5. The quantitative estimate of drug-likeness (QED) is 0.467. The smallest absolute Gasteiger partial charge is 0.338 e. The Bertz CT molecular complexity index is 1400. The molecular formula is C22H22N2O7S2. The van der Waals surface area contributed by atoms with Crippen molar-refractivity contribution in [3.05, 3.63) is 58.4 Å². The lowest BCUT2D eigenvalue weighted by molar-refractivity contribution is -0.141. The molecule has 2 aromatic carbocycles. The van der Waals surface area contributed by atoms with Gasteiger partial charge < -0.3 is 14.0 Å². The third kappa shape index (κ3) is 5.37. The Morgan fingerprint density at radius 3 is 2.48 bits per heavy atom. The first-order valence-electron chi connectivity index (χ1n) is 9.99. The average molecular weight is 491 g/mol. The molecule has 0 N–H and O–H groups in total. The summed E-state index contributed by atoms with van der Waals surface area (Å²) in [6, 6.07) is 10.4. The highest BCUT2D eigenvalue weighted by atomic mass is 32.2. The van der Waals surface area contributed by atoms with Gasteiger partial charge in [0, 0.05) is 5.56 Å². The van der Waals surface area contributed by atoms with E-state index in [9.17, 15) is 22.8 Å². The molecule has 0 saturated heterocycles. The van der Waals surface area contributed by atoms with E-state index in [0.29, 0.717) is 15.8 Å². The molecule has 0 bridgehead atoms. The summed E-state index contributed by atoms with van der Waals surface area (Å²) in [5, 5.41) is 0. The third-order valence-corrected chi connectivity index (χ3v) is 7.50. The van der Waals surface area contributed by atoms with Crippen molar-refractivity contribution in [2.45, 2.75) is 25.3 Å². The molecule has 1 amide bonds. The van der Waals surface area contributed by atoms with Crippen molar-refractivity contribution in [1.82, 2.24) is 4.57 Å². The molecule has 0 spiro atoms. The number of sulfone groups is 1. The number of carbonyl (C=O) groups excluding carboxylic acids is 3. The first kappa shape index (κ1) is 24.3. The van der Waals surface area contributed by atoms with E-state index in [1.165, 1.54) is 42.9 Å². The predicted molar refractivity (Wildman–Crippen MR) is 122 cm³/mol. The number of aromatic nitrogens is 1. The van der Waals surface area contributed by atoms with Crippen LogP contribution in [0.5, 0.6) is 0 Å². The number of thiazole rings is 1. The Balaban J connectivity index is 2.13. The molecule has 0 saturated carbocycles. The number of hydrogen-bond acceptors (Lipinski definition) is 8. The van der Waals surface area contributed by atoms with Gasteiger partial charge in [0.1, 0.15) is 6.54 Å². The fourth-order valence-corrected chi connectivity index (χ4v) is 4.98. The molecule has 0 unspecified atom stereocenters. The highest BCUT2D eigenvalue weighted by Gasteiger charge is 2.17. The summed E-state index contributed by atoms with van der Waals surface area (Å²) >= 11 is 1.10. The summed E-state index contributed by atoms with van der Waals surface area (Å²) in [7, 11) is -2.25. The number of carbonyl (C=O) groups is 3. The van der Waals surface area contributed by atoms with Crippen LogP contribution in [0.25, 0.3) is 10.2 Å². The van der Waals surface area contributed by atoms with Crippen molar-refractivity contribution in [3.8, 4) is 0 Å². The van der Waals surface area contributed by atoms with Gasteiger partial charge in [-0.05, 0) is 43.3 Å². The Morgan fingerprint density at radius 1 is 1.06 bits per heavy atom. The summed E-state index contributed by atoms with van der Waals surface area (Å²) in [5.74, 6) is -1.80. The SMILES string of the molecule is CCOC(=O)c1ccc2c(c1)sc(=NC(=O)c1cccc(S(=O)(=O)CC)c1)n2CC(=O)OC. The zero-order valence-corrected chi connectivity index (χ0v) is 19.9. The van der Waals surface area contributed by atoms with E-state index in [2.05, 4.69) is 4.99 Å². The fourth-order valence-electron chi connectivity index (χ4n) is 2.99. The summed E-state index contributed by atoms with van der Waals surface area (Å²) < 4.78 is 36.2. The van der Waals surface area contributed by atoms with Crippen LogP contribution in [-0.4, -0.2) is 50.3 Å². The second-order valence-corrected chi connectivity index (χ2v) is 10.1. The number of ether oxygens (including phenoxy) is 2. The van der Waals surface area contributed by atoms with E-state index >= 15 is 0 Å². The topological polar surface area (TPSA) is 121 Å². The first-order chi connectivity index (χ1) is 15.7. The fraction of sp³-hybridized carbons (Fsp3) is 0.273. The van der Waals surface area contributed by atoms with Gasteiger partial charge in [-0.1, -0.05) is 24.3 Å². The van der Waals surface area contributed by atoms with Crippen molar-refractivity contribution in [2.24, 2.45) is 4.99 Å². The van der Waals surface area contributed by atoms with Gasteiger partial charge >= 0.3 is 11.9 Å². The molecule has 0 atom stereocenters. The molecule has 0 radical (unpaired) electrons. The zero-order valence-electron chi connectivity index (χ0n) is 18.2. The second-order valence-electron chi connectivity index (χ2n) is 6.80.